The van der Waals surface area contributed by atoms with Crippen molar-refractivity contribution in [3.05, 3.63) is 29.6 Å². The van der Waals surface area contributed by atoms with Crippen molar-refractivity contribution in [3.63, 3.8) is 0 Å². The summed E-state index contributed by atoms with van der Waals surface area (Å²) in [5, 5.41) is 6.29. The van der Waals surface area contributed by atoms with E-state index < -0.39 is 22.9 Å². The van der Waals surface area contributed by atoms with Crippen LogP contribution in [0, 0.1) is 5.41 Å². The van der Waals surface area contributed by atoms with Crippen molar-refractivity contribution in [2.24, 2.45) is 21.1 Å². The van der Waals surface area contributed by atoms with E-state index in [1.54, 1.807) is 0 Å². The Morgan fingerprint density at radius 1 is 1.08 bits per heavy atom. The molecular weight excluding hydrogens is 345 g/mol. The fraction of sp³-hybridized carbons (Fsp3) is 0.588. The highest BCUT2D eigenvalue weighted by Gasteiger charge is 2.49. The predicted molar refractivity (Wildman–Crippen MR) is 95.5 cm³/mol. The average molecular weight is 370 g/mol. The number of nitrogens with one attached hydrogen (secondary N) is 2. The van der Waals surface area contributed by atoms with Gasteiger partial charge in [0.15, 0.2) is 5.66 Å². The molecule has 0 bridgehead atoms. The molecule has 1 aromatic rings. The lowest BCUT2D eigenvalue weighted by Gasteiger charge is -2.44. The number of hydrogen-bond acceptors (Lipinski definition) is 6. The van der Waals surface area contributed by atoms with Crippen LogP contribution in [0.4, 0.5) is 13.2 Å². The third kappa shape index (κ3) is 4.08. The number of halogens is 3. The van der Waals surface area contributed by atoms with Crippen LogP contribution in [0.2, 0.25) is 0 Å². The molecule has 1 unspecified atom stereocenters. The molecule has 0 saturated heterocycles. The van der Waals surface area contributed by atoms with Crippen molar-refractivity contribution in [3.8, 4) is 0 Å². The molecule has 9 heteroatoms. The molecule has 0 radical (unpaired) electrons. The van der Waals surface area contributed by atoms with Gasteiger partial charge >= 0.3 is 6.18 Å². The smallest absolute Gasteiger partial charge is 0.368 e. The zero-order chi connectivity index (χ0) is 20.0. The summed E-state index contributed by atoms with van der Waals surface area (Å²) in [4.78, 5) is 12.4. The van der Waals surface area contributed by atoms with Gasteiger partial charge < -0.3 is 16.4 Å². The maximum absolute atomic E-state index is 13.2. The van der Waals surface area contributed by atoms with Gasteiger partial charge in [0.25, 0.3) is 0 Å². The van der Waals surface area contributed by atoms with Crippen LogP contribution in [0.25, 0.3) is 0 Å². The fourth-order valence-electron chi connectivity index (χ4n) is 2.61. The molecule has 1 aliphatic rings. The van der Waals surface area contributed by atoms with Gasteiger partial charge in [-0.15, -0.1) is 0 Å². The lowest BCUT2D eigenvalue weighted by atomic mass is 9.78. The van der Waals surface area contributed by atoms with Crippen LogP contribution in [0.3, 0.4) is 0 Å². The minimum atomic E-state index is -4.56. The number of nitrogens with zero attached hydrogens (tertiary/aromatic N) is 3. The second kappa shape index (κ2) is 6.14. The molecule has 2 heterocycles. The minimum absolute atomic E-state index is 0.0374. The summed E-state index contributed by atoms with van der Waals surface area (Å²) in [5.74, 6) is 0.295. The zero-order valence-corrected chi connectivity index (χ0v) is 15.8. The SMILES string of the molecule is CC(C)(C)NC1=NC(N)=NC(c2cccc(C(F)(F)F)n2)(C(C)(C)C)N1. The molecular formula is C17H25F3N6. The molecule has 1 aliphatic heterocycles. The summed E-state index contributed by atoms with van der Waals surface area (Å²) < 4.78 is 39.5. The topological polar surface area (TPSA) is 87.7 Å². The van der Waals surface area contributed by atoms with E-state index in [0.29, 0.717) is 5.96 Å². The molecule has 144 valence electrons. The van der Waals surface area contributed by atoms with Crippen LogP contribution in [0.1, 0.15) is 52.9 Å². The van der Waals surface area contributed by atoms with Crippen LogP contribution in [0.5, 0.6) is 0 Å². The highest BCUT2D eigenvalue weighted by molar-refractivity contribution is 5.97. The lowest BCUT2D eigenvalue weighted by Crippen LogP contribution is -2.62. The number of aliphatic imine (C=N–C) groups is 2. The van der Waals surface area contributed by atoms with Gasteiger partial charge in [0, 0.05) is 11.0 Å². The predicted octanol–water partition coefficient (Wildman–Crippen LogP) is 2.96. The van der Waals surface area contributed by atoms with Gasteiger partial charge in [0.2, 0.25) is 11.9 Å². The molecule has 0 aliphatic carbocycles. The molecule has 0 fully saturated rings. The maximum atomic E-state index is 13.2. The number of rotatable bonds is 1. The number of guanidine groups is 2. The molecule has 0 amide bonds. The highest BCUT2D eigenvalue weighted by Crippen LogP contribution is 2.42. The second-order valence-electron chi connectivity index (χ2n) is 8.30. The maximum Gasteiger partial charge on any atom is 0.433 e. The van der Waals surface area contributed by atoms with Gasteiger partial charge in [-0.3, -0.25) is 0 Å². The largest absolute Gasteiger partial charge is 0.433 e. The van der Waals surface area contributed by atoms with E-state index in [-0.39, 0.29) is 17.2 Å². The van der Waals surface area contributed by atoms with Crippen LogP contribution in [-0.2, 0) is 11.8 Å². The second-order valence-corrected chi connectivity index (χ2v) is 8.30. The van der Waals surface area contributed by atoms with E-state index >= 15 is 0 Å². The van der Waals surface area contributed by atoms with Crippen molar-refractivity contribution < 1.29 is 13.2 Å². The van der Waals surface area contributed by atoms with Crippen molar-refractivity contribution in [2.45, 2.75) is 58.9 Å². The lowest BCUT2D eigenvalue weighted by molar-refractivity contribution is -0.141. The first-order chi connectivity index (χ1) is 11.6. The van der Waals surface area contributed by atoms with Crippen LogP contribution >= 0.6 is 0 Å². The van der Waals surface area contributed by atoms with Crippen LogP contribution in [0.15, 0.2) is 28.2 Å². The Morgan fingerprint density at radius 2 is 1.69 bits per heavy atom. The molecule has 0 saturated carbocycles. The van der Waals surface area contributed by atoms with Gasteiger partial charge in [-0.25, -0.2) is 9.98 Å². The molecule has 1 atom stereocenters. The summed E-state index contributed by atoms with van der Waals surface area (Å²) in [6, 6.07) is 3.75. The molecule has 26 heavy (non-hydrogen) atoms. The number of alkyl halides is 3. The van der Waals surface area contributed by atoms with E-state index in [1.165, 1.54) is 12.1 Å². The van der Waals surface area contributed by atoms with Crippen LogP contribution in [-0.4, -0.2) is 22.4 Å². The number of pyridine rings is 1. The first-order valence-corrected chi connectivity index (χ1v) is 8.19. The number of nitrogens with two attached hydrogens (primary N) is 1. The third-order valence-corrected chi connectivity index (χ3v) is 3.80. The van der Waals surface area contributed by atoms with Crippen LogP contribution < -0.4 is 16.4 Å². The van der Waals surface area contributed by atoms with Gasteiger partial charge in [-0.05, 0) is 32.9 Å². The molecule has 2 rings (SSSR count). The normalized spacial score (nSPS) is 21.6. The summed E-state index contributed by atoms with van der Waals surface area (Å²) in [6.45, 7) is 11.3. The summed E-state index contributed by atoms with van der Waals surface area (Å²) >= 11 is 0. The van der Waals surface area contributed by atoms with E-state index in [9.17, 15) is 13.2 Å². The molecule has 0 spiro atoms. The van der Waals surface area contributed by atoms with Gasteiger partial charge in [-0.2, -0.15) is 18.2 Å². The van der Waals surface area contributed by atoms with Crippen molar-refractivity contribution in [1.29, 1.82) is 0 Å². The summed E-state index contributed by atoms with van der Waals surface area (Å²) in [5.41, 5.74) is 2.73. The standard InChI is InChI=1S/C17H25F3N6/c1-14(2,3)16(10-8-7-9-11(22-10)17(18,19)20)24-12(21)23-13(26-16)25-15(4,5)6/h7-9H,1-6H3,(H4,21,23,24,25,26). The van der Waals surface area contributed by atoms with E-state index in [2.05, 4.69) is 25.6 Å². The van der Waals surface area contributed by atoms with E-state index in [4.69, 9.17) is 5.73 Å². The molecule has 6 nitrogen and oxygen atoms in total. The minimum Gasteiger partial charge on any atom is -0.368 e. The quantitative estimate of drug-likeness (QED) is 0.709. The summed E-state index contributed by atoms with van der Waals surface area (Å²) in [6.07, 6.45) is -4.56. The molecule has 0 aromatic carbocycles. The Labute approximate surface area is 151 Å². The van der Waals surface area contributed by atoms with Crippen molar-refractivity contribution in [1.82, 2.24) is 15.6 Å². The van der Waals surface area contributed by atoms with Gasteiger partial charge in [0.05, 0.1) is 5.69 Å². The van der Waals surface area contributed by atoms with Gasteiger partial charge in [-0.1, -0.05) is 26.8 Å². The molecule has 1 aromatic heterocycles. The fourth-order valence-corrected chi connectivity index (χ4v) is 2.61. The van der Waals surface area contributed by atoms with Gasteiger partial charge in [0.1, 0.15) is 5.69 Å². The number of aromatic nitrogens is 1. The Morgan fingerprint density at radius 3 is 2.19 bits per heavy atom. The number of hydrogen-bond donors (Lipinski definition) is 3. The highest BCUT2D eigenvalue weighted by atomic mass is 19.4. The van der Waals surface area contributed by atoms with E-state index in [1.807, 2.05) is 41.5 Å². The first kappa shape index (κ1) is 20.0. The summed E-state index contributed by atoms with van der Waals surface area (Å²) in [7, 11) is 0. The van der Waals surface area contributed by atoms with Crippen molar-refractivity contribution >= 4 is 11.9 Å². The average Bonchev–Trinajstić information content (AvgIpc) is 2.42. The van der Waals surface area contributed by atoms with Crippen molar-refractivity contribution in [2.75, 3.05) is 0 Å². The third-order valence-electron chi connectivity index (χ3n) is 3.80. The van der Waals surface area contributed by atoms with E-state index in [0.717, 1.165) is 6.07 Å². The Kier molecular flexibility index (Phi) is 4.72. The molecule has 4 N–H and O–H groups in total. The Balaban J connectivity index is 2.61. The Bertz CT molecular complexity index is 740. The monoisotopic (exact) mass is 370 g/mol. The zero-order valence-electron chi connectivity index (χ0n) is 15.8. The first-order valence-electron chi connectivity index (χ1n) is 8.19. The Hall–Kier alpha value is -2.32.